The predicted octanol–water partition coefficient (Wildman–Crippen LogP) is 2.27. The van der Waals surface area contributed by atoms with Crippen LogP contribution in [0.2, 0.25) is 5.02 Å². The first-order valence-corrected chi connectivity index (χ1v) is 7.11. The monoisotopic (exact) mass is 313 g/mol. The van der Waals surface area contributed by atoms with Crippen LogP contribution in [-0.2, 0) is 25.6 Å². The number of carbonyl (C=O) groups is 2. The lowest BCUT2D eigenvalue weighted by atomic mass is 10.2. The van der Waals surface area contributed by atoms with E-state index in [4.69, 9.17) is 21.1 Å². The molecule has 0 aliphatic carbocycles. The number of amides is 1. The average molecular weight is 314 g/mol. The summed E-state index contributed by atoms with van der Waals surface area (Å²) in [5.74, 6) is -0.486. The van der Waals surface area contributed by atoms with Crippen molar-refractivity contribution in [3.8, 4) is 0 Å². The maximum atomic E-state index is 12.0. The molecule has 0 spiro atoms. The Hall–Kier alpha value is -1.59. The highest BCUT2D eigenvalue weighted by molar-refractivity contribution is 6.30. The summed E-state index contributed by atoms with van der Waals surface area (Å²) in [7, 11) is 1.46. The van der Waals surface area contributed by atoms with Crippen LogP contribution in [0.25, 0.3) is 0 Å². The van der Waals surface area contributed by atoms with E-state index in [1.165, 1.54) is 7.11 Å². The number of nitrogens with zero attached hydrogens (tertiary/aromatic N) is 1. The summed E-state index contributed by atoms with van der Waals surface area (Å²) in [6, 6.07) is 7.22. The average Bonchev–Trinajstić information content (AvgIpc) is 2.46. The van der Waals surface area contributed by atoms with Gasteiger partial charge in [-0.3, -0.25) is 9.59 Å². The molecule has 0 aliphatic heterocycles. The molecule has 0 N–H and O–H groups in total. The van der Waals surface area contributed by atoms with Crippen LogP contribution in [0.1, 0.15) is 18.9 Å². The zero-order valence-corrected chi connectivity index (χ0v) is 13.1. The maximum absolute atomic E-state index is 12.0. The van der Waals surface area contributed by atoms with E-state index < -0.39 is 0 Å². The minimum Gasteiger partial charge on any atom is -0.466 e. The van der Waals surface area contributed by atoms with E-state index in [0.29, 0.717) is 24.7 Å². The van der Waals surface area contributed by atoms with Gasteiger partial charge in [0, 0.05) is 25.2 Å². The molecule has 0 aliphatic rings. The van der Waals surface area contributed by atoms with Crippen LogP contribution in [0.15, 0.2) is 24.3 Å². The lowest BCUT2D eigenvalue weighted by molar-refractivity contribution is -0.144. The fourth-order valence-electron chi connectivity index (χ4n) is 1.78. The minimum atomic E-state index is -0.316. The summed E-state index contributed by atoms with van der Waals surface area (Å²) in [4.78, 5) is 25.0. The maximum Gasteiger partial charge on any atom is 0.307 e. The van der Waals surface area contributed by atoms with Crippen LogP contribution in [0.3, 0.4) is 0 Å². The summed E-state index contributed by atoms with van der Waals surface area (Å²) in [6.07, 6.45) is 0.164. The van der Waals surface area contributed by atoms with Gasteiger partial charge in [0.1, 0.15) is 6.61 Å². The molecule has 0 bridgehead atoms. The van der Waals surface area contributed by atoms with Gasteiger partial charge in [-0.15, -0.1) is 0 Å². The summed E-state index contributed by atoms with van der Waals surface area (Å²) in [5.41, 5.74) is 0.938. The van der Waals surface area contributed by atoms with Gasteiger partial charge in [0.25, 0.3) is 0 Å². The topological polar surface area (TPSA) is 55.8 Å². The Kier molecular flexibility index (Phi) is 7.79. The molecule has 0 heterocycles. The van der Waals surface area contributed by atoms with Gasteiger partial charge < -0.3 is 14.4 Å². The van der Waals surface area contributed by atoms with Crippen molar-refractivity contribution in [2.45, 2.75) is 19.9 Å². The van der Waals surface area contributed by atoms with E-state index in [-0.39, 0.29) is 24.9 Å². The zero-order valence-electron chi connectivity index (χ0n) is 12.3. The summed E-state index contributed by atoms with van der Waals surface area (Å²) < 4.78 is 9.74. The highest BCUT2D eigenvalue weighted by Gasteiger charge is 2.15. The molecule has 0 saturated carbocycles. The molecule has 6 heteroatoms. The molecule has 0 saturated heterocycles. The van der Waals surface area contributed by atoms with E-state index >= 15 is 0 Å². The Bertz CT molecular complexity index is 461. The highest BCUT2D eigenvalue weighted by Crippen LogP contribution is 2.12. The first-order chi connectivity index (χ1) is 10.1. The molecule has 0 radical (unpaired) electrons. The second-order valence-corrected chi connectivity index (χ2v) is 4.87. The van der Waals surface area contributed by atoms with E-state index in [1.807, 2.05) is 12.1 Å². The van der Waals surface area contributed by atoms with Crippen LogP contribution in [0.4, 0.5) is 0 Å². The summed E-state index contributed by atoms with van der Waals surface area (Å²) >= 11 is 5.84. The van der Waals surface area contributed by atoms with Gasteiger partial charge in [-0.05, 0) is 24.6 Å². The second-order valence-electron chi connectivity index (χ2n) is 4.43. The first-order valence-electron chi connectivity index (χ1n) is 6.73. The van der Waals surface area contributed by atoms with Gasteiger partial charge in [0.2, 0.25) is 5.91 Å². The van der Waals surface area contributed by atoms with Crippen LogP contribution < -0.4 is 0 Å². The molecule has 0 fully saturated rings. The molecule has 1 aromatic rings. The fourth-order valence-corrected chi connectivity index (χ4v) is 1.90. The van der Waals surface area contributed by atoms with Crippen molar-refractivity contribution >= 4 is 23.5 Å². The number of hydrogen-bond acceptors (Lipinski definition) is 4. The van der Waals surface area contributed by atoms with E-state index in [0.717, 1.165) is 5.56 Å². The normalized spacial score (nSPS) is 10.2. The largest absolute Gasteiger partial charge is 0.466 e. The van der Waals surface area contributed by atoms with Gasteiger partial charge in [-0.25, -0.2) is 0 Å². The molecule has 21 heavy (non-hydrogen) atoms. The van der Waals surface area contributed by atoms with E-state index in [2.05, 4.69) is 0 Å². The number of methoxy groups -OCH3 is 1. The van der Waals surface area contributed by atoms with Gasteiger partial charge in [-0.2, -0.15) is 0 Å². The Balaban J connectivity index is 2.65. The molecule has 0 unspecified atom stereocenters. The summed E-state index contributed by atoms with van der Waals surface area (Å²) in [6.45, 7) is 2.76. The van der Waals surface area contributed by atoms with Crippen molar-refractivity contribution in [2.75, 3.05) is 26.9 Å². The van der Waals surface area contributed by atoms with Crippen LogP contribution >= 0.6 is 11.6 Å². The number of esters is 1. The molecular formula is C15H20ClNO4. The van der Waals surface area contributed by atoms with Crippen molar-refractivity contribution < 1.29 is 19.1 Å². The number of ether oxygens (including phenoxy) is 2. The Morgan fingerprint density at radius 2 is 1.90 bits per heavy atom. The van der Waals surface area contributed by atoms with Crippen LogP contribution in [-0.4, -0.2) is 43.6 Å². The minimum absolute atomic E-state index is 0.0174. The van der Waals surface area contributed by atoms with Gasteiger partial charge >= 0.3 is 5.97 Å². The number of halogens is 1. The van der Waals surface area contributed by atoms with Crippen LogP contribution in [0, 0.1) is 0 Å². The van der Waals surface area contributed by atoms with Crippen molar-refractivity contribution in [2.24, 2.45) is 0 Å². The Labute approximate surface area is 129 Å². The number of benzene rings is 1. The van der Waals surface area contributed by atoms with Crippen molar-refractivity contribution in [3.05, 3.63) is 34.9 Å². The molecule has 0 atom stereocenters. The standard InChI is InChI=1S/C15H20ClNO4/c1-3-21-15(19)8-9-17(14(18)11-20-2)10-12-4-6-13(16)7-5-12/h4-7H,3,8-11H2,1-2H3. The van der Waals surface area contributed by atoms with Gasteiger partial charge in [0.05, 0.1) is 13.0 Å². The molecule has 0 aromatic heterocycles. The van der Waals surface area contributed by atoms with Gasteiger partial charge in [0.15, 0.2) is 0 Å². The quantitative estimate of drug-likeness (QED) is 0.691. The third-order valence-corrected chi connectivity index (χ3v) is 3.05. The third kappa shape index (κ3) is 6.60. The van der Waals surface area contributed by atoms with Crippen molar-refractivity contribution in [1.82, 2.24) is 4.90 Å². The Morgan fingerprint density at radius 1 is 1.24 bits per heavy atom. The lowest BCUT2D eigenvalue weighted by Crippen LogP contribution is -2.35. The van der Waals surface area contributed by atoms with Crippen molar-refractivity contribution in [3.63, 3.8) is 0 Å². The number of rotatable bonds is 8. The SMILES string of the molecule is CCOC(=O)CCN(Cc1ccc(Cl)cc1)C(=O)COC. The highest BCUT2D eigenvalue weighted by atomic mass is 35.5. The van der Waals surface area contributed by atoms with E-state index in [9.17, 15) is 9.59 Å². The molecule has 1 aromatic carbocycles. The van der Waals surface area contributed by atoms with Crippen molar-refractivity contribution in [1.29, 1.82) is 0 Å². The number of carbonyl (C=O) groups excluding carboxylic acids is 2. The fraction of sp³-hybridized carbons (Fsp3) is 0.467. The zero-order chi connectivity index (χ0) is 15.7. The van der Waals surface area contributed by atoms with Gasteiger partial charge in [-0.1, -0.05) is 23.7 Å². The predicted molar refractivity (Wildman–Crippen MR) is 80.0 cm³/mol. The lowest BCUT2D eigenvalue weighted by Gasteiger charge is -2.22. The molecular weight excluding hydrogens is 294 g/mol. The number of hydrogen-bond donors (Lipinski definition) is 0. The summed E-state index contributed by atoms with van der Waals surface area (Å²) in [5, 5.41) is 0.639. The molecule has 1 amide bonds. The molecule has 5 nitrogen and oxygen atoms in total. The van der Waals surface area contributed by atoms with E-state index in [1.54, 1.807) is 24.0 Å². The Morgan fingerprint density at radius 3 is 2.48 bits per heavy atom. The molecule has 116 valence electrons. The third-order valence-electron chi connectivity index (χ3n) is 2.80. The first kappa shape index (κ1) is 17.5. The smallest absolute Gasteiger partial charge is 0.307 e. The van der Waals surface area contributed by atoms with Crippen LogP contribution in [0.5, 0.6) is 0 Å². The second kappa shape index (κ2) is 9.37. The molecule has 1 rings (SSSR count).